The zero-order chi connectivity index (χ0) is 17.7. The Morgan fingerprint density at radius 2 is 2.19 bits per heavy atom. The summed E-state index contributed by atoms with van der Waals surface area (Å²) in [6, 6.07) is 7.41. The number of hydrogen-bond acceptors (Lipinski definition) is 4. The molecule has 1 spiro atoms. The monoisotopic (exact) mass is 356 g/mol. The molecule has 3 heterocycles. The summed E-state index contributed by atoms with van der Waals surface area (Å²) in [5.74, 6) is 2.50. The van der Waals surface area contributed by atoms with Gasteiger partial charge in [0.15, 0.2) is 0 Å². The molecule has 3 saturated heterocycles. The highest BCUT2D eigenvalue weighted by atomic mass is 16.5. The SMILES string of the molecule is COc1ccccc1C(=O)NC[C@H]1[C@H]2CN(CC3CC3)C[C@]23CC[C@H]1O3. The molecule has 1 aromatic rings. The lowest BCUT2D eigenvalue weighted by atomic mass is 9.73. The van der Waals surface area contributed by atoms with Crippen LogP contribution in [0.1, 0.15) is 36.0 Å². The molecule has 0 aromatic heterocycles. The number of carbonyl (C=O) groups is 1. The third-order valence-corrected chi connectivity index (χ3v) is 6.92. The van der Waals surface area contributed by atoms with Crippen molar-refractivity contribution in [3.8, 4) is 5.75 Å². The normalized spacial score (nSPS) is 35.5. The summed E-state index contributed by atoms with van der Waals surface area (Å²) >= 11 is 0. The molecule has 4 atom stereocenters. The van der Waals surface area contributed by atoms with E-state index in [2.05, 4.69) is 10.2 Å². The molecule has 5 nitrogen and oxygen atoms in total. The zero-order valence-electron chi connectivity index (χ0n) is 15.4. The average molecular weight is 356 g/mol. The first-order chi connectivity index (χ1) is 12.7. The van der Waals surface area contributed by atoms with E-state index in [-0.39, 0.29) is 11.5 Å². The summed E-state index contributed by atoms with van der Waals surface area (Å²) in [5, 5.41) is 3.16. The highest BCUT2D eigenvalue weighted by molar-refractivity contribution is 5.96. The summed E-state index contributed by atoms with van der Waals surface area (Å²) < 4.78 is 11.8. The minimum atomic E-state index is -0.0490. The summed E-state index contributed by atoms with van der Waals surface area (Å²) in [6.45, 7) is 4.18. The minimum Gasteiger partial charge on any atom is -0.496 e. The highest BCUT2D eigenvalue weighted by Crippen LogP contribution is 2.55. The molecule has 2 bridgehead atoms. The van der Waals surface area contributed by atoms with Crippen molar-refractivity contribution in [2.24, 2.45) is 17.8 Å². The van der Waals surface area contributed by atoms with Crippen LogP contribution in [0.3, 0.4) is 0 Å². The Morgan fingerprint density at radius 3 is 3.00 bits per heavy atom. The molecular formula is C21H28N2O3. The number of benzene rings is 1. The Kier molecular flexibility index (Phi) is 3.98. The summed E-state index contributed by atoms with van der Waals surface area (Å²) in [7, 11) is 1.60. The van der Waals surface area contributed by atoms with Crippen LogP contribution in [0.4, 0.5) is 0 Å². The van der Waals surface area contributed by atoms with Gasteiger partial charge >= 0.3 is 0 Å². The van der Waals surface area contributed by atoms with Crippen LogP contribution in [0, 0.1) is 17.8 Å². The van der Waals surface area contributed by atoms with Crippen molar-refractivity contribution in [1.82, 2.24) is 10.2 Å². The zero-order valence-corrected chi connectivity index (χ0v) is 15.4. The van der Waals surface area contributed by atoms with E-state index in [4.69, 9.17) is 9.47 Å². The topological polar surface area (TPSA) is 50.8 Å². The Balaban J connectivity index is 1.25. The molecule has 1 N–H and O–H groups in total. The van der Waals surface area contributed by atoms with Gasteiger partial charge in [-0.15, -0.1) is 0 Å². The molecule has 1 amide bonds. The first kappa shape index (κ1) is 16.6. The van der Waals surface area contributed by atoms with E-state index in [0.717, 1.165) is 25.4 Å². The Bertz CT molecular complexity index is 704. The molecule has 0 radical (unpaired) electrons. The van der Waals surface area contributed by atoms with Gasteiger partial charge in [-0.25, -0.2) is 0 Å². The summed E-state index contributed by atoms with van der Waals surface area (Å²) in [5.41, 5.74) is 0.676. The van der Waals surface area contributed by atoms with Crippen LogP contribution in [0.25, 0.3) is 0 Å². The van der Waals surface area contributed by atoms with E-state index < -0.39 is 0 Å². The van der Waals surface area contributed by atoms with Gasteiger partial charge in [0.1, 0.15) is 5.75 Å². The van der Waals surface area contributed by atoms with E-state index in [1.165, 1.54) is 25.8 Å². The summed E-state index contributed by atoms with van der Waals surface area (Å²) in [4.78, 5) is 15.3. The molecule has 4 aliphatic rings. The van der Waals surface area contributed by atoms with Crippen molar-refractivity contribution in [3.63, 3.8) is 0 Å². The third kappa shape index (κ3) is 2.72. The number of rotatable bonds is 6. The average Bonchev–Trinajstić information content (AvgIpc) is 3.15. The quantitative estimate of drug-likeness (QED) is 0.850. The van der Waals surface area contributed by atoms with Gasteiger partial charge in [-0.2, -0.15) is 0 Å². The number of nitrogens with one attached hydrogen (secondary N) is 1. The van der Waals surface area contributed by atoms with Crippen molar-refractivity contribution in [1.29, 1.82) is 0 Å². The van der Waals surface area contributed by atoms with Crippen molar-refractivity contribution in [2.45, 2.75) is 37.4 Å². The van der Waals surface area contributed by atoms with Crippen molar-refractivity contribution >= 4 is 5.91 Å². The standard InChI is InChI=1S/C21H28N2O3/c1-25-18-5-3-2-4-15(18)20(24)22-10-16-17-12-23(11-14-6-7-14)13-21(17)9-8-19(16)26-21/h2-5,14,16-17,19H,6-13H2,1H3,(H,22,24)/t16-,17+,19+,21+/m0/s1. The van der Waals surface area contributed by atoms with Gasteiger partial charge in [0.2, 0.25) is 0 Å². The molecule has 1 saturated carbocycles. The maximum absolute atomic E-state index is 12.7. The Hall–Kier alpha value is -1.59. The summed E-state index contributed by atoms with van der Waals surface area (Å²) in [6.07, 6.45) is 5.45. The number of likely N-dealkylation sites (tertiary alicyclic amines) is 1. The second-order valence-corrected chi connectivity index (χ2v) is 8.58. The first-order valence-corrected chi connectivity index (χ1v) is 10.00. The van der Waals surface area contributed by atoms with Crippen molar-refractivity contribution in [2.75, 3.05) is 33.3 Å². The Labute approximate surface area is 155 Å². The minimum absolute atomic E-state index is 0.0490. The smallest absolute Gasteiger partial charge is 0.255 e. The fourth-order valence-electron chi connectivity index (χ4n) is 5.50. The van der Waals surface area contributed by atoms with Gasteiger partial charge < -0.3 is 14.8 Å². The molecular weight excluding hydrogens is 328 g/mol. The van der Waals surface area contributed by atoms with Crippen LogP contribution in [-0.4, -0.2) is 55.8 Å². The highest BCUT2D eigenvalue weighted by Gasteiger charge is 2.62. The number of carbonyl (C=O) groups excluding carboxylic acids is 1. The number of methoxy groups -OCH3 is 1. The lowest BCUT2D eigenvalue weighted by Gasteiger charge is -2.29. The third-order valence-electron chi connectivity index (χ3n) is 6.92. The van der Waals surface area contributed by atoms with Crippen LogP contribution in [0.5, 0.6) is 5.75 Å². The molecule has 1 aromatic carbocycles. The predicted octanol–water partition coefficient (Wildman–Crippen LogP) is 2.31. The number of fused-ring (bicyclic) bond motifs is 1. The molecule has 1 aliphatic carbocycles. The lowest BCUT2D eigenvalue weighted by molar-refractivity contribution is 0.00244. The number of ether oxygens (including phenoxy) is 2. The van der Waals surface area contributed by atoms with Crippen LogP contribution >= 0.6 is 0 Å². The van der Waals surface area contributed by atoms with E-state index >= 15 is 0 Å². The van der Waals surface area contributed by atoms with Crippen LogP contribution < -0.4 is 10.1 Å². The maximum atomic E-state index is 12.7. The van der Waals surface area contributed by atoms with Gasteiger partial charge in [0.05, 0.1) is 24.4 Å². The predicted molar refractivity (Wildman–Crippen MR) is 98.3 cm³/mol. The maximum Gasteiger partial charge on any atom is 0.255 e. The number of hydrogen-bond donors (Lipinski definition) is 1. The van der Waals surface area contributed by atoms with Gasteiger partial charge in [-0.1, -0.05) is 12.1 Å². The fraction of sp³-hybridized carbons (Fsp3) is 0.667. The molecule has 5 rings (SSSR count). The van der Waals surface area contributed by atoms with Crippen molar-refractivity contribution in [3.05, 3.63) is 29.8 Å². The first-order valence-electron chi connectivity index (χ1n) is 10.00. The van der Waals surface area contributed by atoms with Crippen LogP contribution in [0.15, 0.2) is 24.3 Å². The molecule has 5 heteroatoms. The van der Waals surface area contributed by atoms with Crippen LogP contribution in [0.2, 0.25) is 0 Å². The largest absolute Gasteiger partial charge is 0.496 e. The molecule has 140 valence electrons. The van der Waals surface area contributed by atoms with Gasteiger partial charge in [-0.05, 0) is 43.7 Å². The van der Waals surface area contributed by atoms with Crippen molar-refractivity contribution < 1.29 is 14.3 Å². The Morgan fingerprint density at radius 1 is 1.35 bits per heavy atom. The van der Waals surface area contributed by atoms with Gasteiger partial charge in [-0.3, -0.25) is 9.69 Å². The van der Waals surface area contributed by atoms with Gasteiger partial charge in [0, 0.05) is 38.0 Å². The van der Waals surface area contributed by atoms with E-state index in [1.54, 1.807) is 7.11 Å². The number of amides is 1. The number of para-hydroxylation sites is 1. The van der Waals surface area contributed by atoms with Gasteiger partial charge in [0.25, 0.3) is 5.91 Å². The second kappa shape index (κ2) is 6.24. The molecule has 0 unspecified atom stereocenters. The van der Waals surface area contributed by atoms with Crippen LogP contribution in [-0.2, 0) is 4.74 Å². The second-order valence-electron chi connectivity index (χ2n) is 8.58. The number of nitrogens with zero attached hydrogens (tertiary/aromatic N) is 1. The molecule has 4 fully saturated rings. The van der Waals surface area contributed by atoms with E-state index in [9.17, 15) is 4.79 Å². The molecule has 26 heavy (non-hydrogen) atoms. The lowest BCUT2D eigenvalue weighted by Crippen LogP contribution is -2.42. The fourth-order valence-corrected chi connectivity index (χ4v) is 5.50. The van der Waals surface area contributed by atoms with E-state index in [1.807, 2.05) is 24.3 Å². The molecule has 3 aliphatic heterocycles. The van der Waals surface area contributed by atoms with E-state index in [0.29, 0.717) is 35.8 Å².